The molecule has 3 N–H and O–H groups in total. The van der Waals surface area contributed by atoms with Crippen molar-refractivity contribution in [3.05, 3.63) is 21.7 Å². The van der Waals surface area contributed by atoms with Gasteiger partial charge >= 0.3 is 0 Å². The summed E-state index contributed by atoms with van der Waals surface area (Å²) in [7, 11) is 0. The number of aromatic amines is 1. The van der Waals surface area contributed by atoms with Crippen LogP contribution in [-0.2, 0) is 0 Å². The predicted molar refractivity (Wildman–Crippen MR) is 72.2 cm³/mol. The van der Waals surface area contributed by atoms with Crippen LogP contribution < -0.4 is 16.2 Å². The summed E-state index contributed by atoms with van der Waals surface area (Å²) in [6.45, 7) is 5.19. The summed E-state index contributed by atoms with van der Waals surface area (Å²) in [5, 5.41) is 0.171. The van der Waals surface area contributed by atoms with Gasteiger partial charge < -0.3 is 20.5 Å². The van der Waals surface area contributed by atoms with Gasteiger partial charge in [0.15, 0.2) is 5.82 Å². The predicted octanol–water partition coefficient (Wildman–Crippen LogP) is -0.106. The van der Waals surface area contributed by atoms with E-state index in [9.17, 15) is 4.79 Å². The van der Waals surface area contributed by atoms with Gasteiger partial charge in [-0.2, -0.15) is 0 Å². The lowest BCUT2D eigenvalue weighted by Crippen LogP contribution is -2.34. The number of hydrogen-bond acceptors (Lipinski definition) is 5. The SMILES string of the molecule is NCCN1CCCN(c2nc[nH]c(=O)c2Cl)CC1. The third-order valence-corrected chi connectivity index (χ3v) is 3.45. The highest BCUT2D eigenvalue weighted by Gasteiger charge is 2.18. The first kappa shape index (κ1) is 13.3. The smallest absolute Gasteiger partial charge is 0.271 e. The van der Waals surface area contributed by atoms with Crippen molar-refractivity contribution in [2.24, 2.45) is 5.73 Å². The minimum absolute atomic E-state index is 0.171. The Morgan fingerprint density at radius 2 is 2.22 bits per heavy atom. The van der Waals surface area contributed by atoms with Crippen molar-refractivity contribution in [3.8, 4) is 0 Å². The number of anilines is 1. The number of nitrogens with one attached hydrogen (secondary N) is 1. The van der Waals surface area contributed by atoms with Gasteiger partial charge in [0, 0.05) is 32.7 Å². The molecule has 2 rings (SSSR count). The zero-order valence-corrected chi connectivity index (χ0v) is 11.0. The van der Waals surface area contributed by atoms with Crippen molar-refractivity contribution in [1.82, 2.24) is 14.9 Å². The fraction of sp³-hybridized carbons (Fsp3) is 0.636. The molecular weight excluding hydrogens is 254 g/mol. The second-order valence-electron chi connectivity index (χ2n) is 4.34. The van der Waals surface area contributed by atoms with Gasteiger partial charge in [0.25, 0.3) is 5.56 Å². The van der Waals surface area contributed by atoms with E-state index in [1.165, 1.54) is 6.33 Å². The van der Waals surface area contributed by atoms with Crippen LogP contribution in [0.25, 0.3) is 0 Å². The molecular formula is C11H18ClN5O. The Kier molecular flexibility index (Phi) is 4.57. The molecule has 1 aliphatic heterocycles. The quantitative estimate of drug-likeness (QED) is 0.802. The molecule has 6 nitrogen and oxygen atoms in total. The number of halogens is 1. The lowest BCUT2D eigenvalue weighted by molar-refractivity contribution is 0.302. The molecule has 0 amide bonds. The number of rotatable bonds is 3. The maximum atomic E-state index is 11.5. The van der Waals surface area contributed by atoms with Gasteiger partial charge in [-0.25, -0.2) is 4.98 Å². The van der Waals surface area contributed by atoms with Crippen molar-refractivity contribution in [2.45, 2.75) is 6.42 Å². The van der Waals surface area contributed by atoms with E-state index in [0.717, 1.165) is 39.1 Å². The molecule has 0 radical (unpaired) electrons. The van der Waals surface area contributed by atoms with Crippen molar-refractivity contribution < 1.29 is 0 Å². The van der Waals surface area contributed by atoms with Crippen LogP contribution in [0.1, 0.15) is 6.42 Å². The Labute approximate surface area is 111 Å². The van der Waals surface area contributed by atoms with Crippen molar-refractivity contribution in [3.63, 3.8) is 0 Å². The monoisotopic (exact) mass is 271 g/mol. The number of nitrogens with two attached hydrogens (primary N) is 1. The van der Waals surface area contributed by atoms with Gasteiger partial charge in [0.2, 0.25) is 0 Å². The van der Waals surface area contributed by atoms with Gasteiger partial charge in [-0.05, 0) is 13.0 Å². The van der Waals surface area contributed by atoms with E-state index in [1.54, 1.807) is 0 Å². The van der Waals surface area contributed by atoms with E-state index >= 15 is 0 Å². The van der Waals surface area contributed by atoms with Gasteiger partial charge in [0.1, 0.15) is 5.02 Å². The van der Waals surface area contributed by atoms with E-state index in [-0.39, 0.29) is 10.6 Å². The summed E-state index contributed by atoms with van der Waals surface area (Å²) < 4.78 is 0. The fourth-order valence-electron chi connectivity index (χ4n) is 2.18. The van der Waals surface area contributed by atoms with Crippen LogP contribution in [0.4, 0.5) is 5.82 Å². The lowest BCUT2D eigenvalue weighted by atomic mass is 10.3. The molecule has 0 spiro atoms. The van der Waals surface area contributed by atoms with E-state index in [4.69, 9.17) is 17.3 Å². The average Bonchev–Trinajstić information content (AvgIpc) is 2.59. The summed E-state index contributed by atoms with van der Waals surface area (Å²) in [6, 6.07) is 0. The molecule has 1 aliphatic rings. The van der Waals surface area contributed by atoms with E-state index in [2.05, 4.69) is 19.8 Å². The van der Waals surface area contributed by atoms with E-state index in [1.807, 2.05) is 0 Å². The van der Waals surface area contributed by atoms with Crippen LogP contribution in [0.2, 0.25) is 5.02 Å². The van der Waals surface area contributed by atoms with Crippen LogP contribution in [0.15, 0.2) is 11.1 Å². The van der Waals surface area contributed by atoms with Crippen molar-refractivity contribution >= 4 is 17.4 Å². The second-order valence-corrected chi connectivity index (χ2v) is 4.72. The fourth-order valence-corrected chi connectivity index (χ4v) is 2.41. The molecule has 0 aliphatic carbocycles. The van der Waals surface area contributed by atoms with Crippen molar-refractivity contribution in [1.29, 1.82) is 0 Å². The first-order chi connectivity index (χ1) is 8.72. The highest BCUT2D eigenvalue weighted by molar-refractivity contribution is 6.32. The van der Waals surface area contributed by atoms with Gasteiger partial charge in [-0.3, -0.25) is 4.79 Å². The highest BCUT2D eigenvalue weighted by atomic mass is 35.5. The topological polar surface area (TPSA) is 78.2 Å². The zero-order valence-electron chi connectivity index (χ0n) is 10.2. The maximum absolute atomic E-state index is 11.5. The molecule has 100 valence electrons. The molecule has 18 heavy (non-hydrogen) atoms. The molecule has 1 fully saturated rings. The summed E-state index contributed by atoms with van der Waals surface area (Å²) >= 11 is 6.00. The van der Waals surface area contributed by atoms with Gasteiger partial charge in [-0.15, -0.1) is 0 Å². The van der Waals surface area contributed by atoms with Crippen LogP contribution >= 0.6 is 11.6 Å². The average molecular weight is 272 g/mol. The van der Waals surface area contributed by atoms with E-state index in [0.29, 0.717) is 12.4 Å². The normalized spacial score (nSPS) is 17.8. The maximum Gasteiger partial charge on any atom is 0.271 e. The Hall–Kier alpha value is -1.11. The molecule has 0 saturated carbocycles. The zero-order chi connectivity index (χ0) is 13.0. The summed E-state index contributed by atoms with van der Waals surface area (Å²) in [4.78, 5) is 22.5. The van der Waals surface area contributed by atoms with Gasteiger partial charge in [0.05, 0.1) is 6.33 Å². The molecule has 0 unspecified atom stereocenters. The second kappa shape index (κ2) is 6.17. The van der Waals surface area contributed by atoms with Crippen LogP contribution in [-0.4, -0.2) is 54.1 Å². The number of nitrogens with zero attached hydrogens (tertiary/aromatic N) is 3. The molecule has 1 aromatic rings. The highest BCUT2D eigenvalue weighted by Crippen LogP contribution is 2.19. The summed E-state index contributed by atoms with van der Waals surface area (Å²) in [6.07, 6.45) is 2.41. The number of hydrogen-bond donors (Lipinski definition) is 2. The molecule has 1 saturated heterocycles. The van der Waals surface area contributed by atoms with E-state index < -0.39 is 0 Å². The third kappa shape index (κ3) is 3.01. The number of aromatic nitrogens is 2. The molecule has 2 heterocycles. The molecule has 7 heteroatoms. The Balaban J connectivity index is 2.10. The molecule has 0 aromatic carbocycles. The lowest BCUT2D eigenvalue weighted by Gasteiger charge is -2.22. The van der Waals surface area contributed by atoms with Crippen LogP contribution in [0, 0.1) is 0 Å². The Bertz CT molecular complexity index is 449. The standard InChI is InChI=1S/C11H18ClN5O/c12-9-10(14-8-15-11(9)18)17-4-1-3-16(5-2-13)6-7-17/h8H,1-7,13H2,(H,14,15,18). The minimum atomic E-state index is -0.287. The first-order valence-electron chi connectivity index (χ1n) is 6.13. The molecule has 1 aromatic heterocycles. The molecule has 0 bridgehead atoms. The first-order valence-corrected chi connectivity index (χ1v) is 6.50. The van der Waals surface area contributed by atoms with Crippen molar-refractivity contribution in [2.75, 3.05) is 44.2 Å². The largest absolute Gasteiger partial charge is 0.354 e. The van der Waals surface area contributed by atoms with Gasteiger partial charge in [-0.1, -0.05) is 11.6 Å². The summed E-state index contributed by atoms with van der Waals surface area (Å²) in [5.74, 6) is 0.579. The number of H-pyrrole nitrogens is 1. The van der Waals surface area contributed by atoms with Crippen LogP contribution in [0.5, 0.6) is 0 Å². The summed E-state index contributed by atoms with van der Waals surface area (Å²) in [5.41, 5.74) is 5.28. The Morgan fingerprint density at radius 3 is 3.00 bits per heavy atom. The Morgan fingerprint density at radius 1 is 1.39 bits per heavy atom. The third-order valence-electron chi connectivity index (χ3n) is 3.11. The minimum Gasteiger partial charge on any atom is -0.354 e. The molecule has 0 atom stereocenters. The van der Waals surface area contributed by atoms with Crippen LogP contribution in [0.3, 0.4) is 0 Å².